The third-order valence-corrected chi connectivity index (χ3v) is 1.75. The molecule has 0 bridgehead atoms. The van der Waals surface area contributed by atoms with Crippen LogP contribution in [0.3, 0.4) is 0 Å². The van der Waals surface area contributed by atoms with Crippen molar-refractivity contribution in [1.82, 2.24) is 10.2 Å². The molecular formula is C6H10N2OS. The molecule has 0 saturated carbocycles. The minimum absolute atomic E-state index is 0.0897. The summed E-state index contributed by atoms with van der Waals surface area (Å²) in [7, 11) is 0. The van der Waals surface area contributed by atoms with Crippen molar-refractivity contribution in [2.24, 2.45) is 0 Å². The molecule has 0 unspecified atom stereocenters. The van der Waals surface area contributed by atoms with E-state index in [1.165, 1.54) is 0 Å². The molecule has 1 N–H and O–H groups in total. The molecule has 10 heavy (non-hydrogen) atoms. The van der Waals surface area contributed by atoms with Gasteiger partial charge in [0.1, 0.15) is 0 Å². The molecule has 1 aliphatic heterocycles. The number of hydrogen-bond donors (Lipinski definition) is 1. The van der Waals surface area contributed by atoms with Gasteiger partial charge in [-0.1, -0.05) is 6.92 Å². The van der Waals surface area contributed by atoms with Crippen LogP contribution in [-0.2, 0) is 4.79 Å². The minimum atomic E-state index is 0.0897. The molecule has 0 aliphatic carbocycles. The molecular weight excluding hydrogens is 148 g/mol. The van der Waals surface area contributed by atoms with Gasteiger partial charge in [-0.15, -0.1) is 0 Å². The van der Waals surface area contributed by atoms with Gasteiger partial charge in [-0.25, -0.2) is 0 Å². The topological polar surface area (TPSA) is 32.3 Å². The second-order valence-electron chi connectivity index (χ2n) is 2.20. The highest BCUT2D eigenvalue weighted by molar-refractivity contribution is 7.80. The van der Waals surface area contributed by atoms with Crippen molar-refractivity contribution < 1.29 is 4.79 Å². The number of carbonyl (C=O) groups excluding carboxylic acids is 1. The van der Waals surface area contributed by atoms with Crippen LogP contribution >= 0.6 is 12.2 Å². The maximum atomic E-state index is 11.0. The van der Waals surface area contributed by atoms with E-state index in [9.17, 15) is 4.79 Å². The van der Waals surface area contributed by atoms with Gasteiger partial charge in [0.2, 0.25) is 5.91 Å². The molecule has 1 amide bonds. The molecule has 0 aromatic carbocycles. The molecule has 0 spiro atoms. The van der Waals surface area contributed by atoms with Crippen molar-refractivity contribution in [3.63, 3.8) is 0 Å². The minimum Gasteiger partial charge on any atom is -0.353 e. The molecule has 56 valence electrons. The highest BCUT2D eigenvalue weighted by Gasteiger charge is 2.23. The number of hydrogen-bond acceptors (Lipinski definition) is 2. The predicted octanol–water partition coefficient (Wildman–Crippen LogP) is 0.113. The summed E-state index contributed by atoms with van der Waals surface area (Å²) in [5, 5.41) is 3.39. The Morgan fingerprint density at radius 2 is 2.50 bits per heavy atom. The molecule has 1 aliphatic rings. The van der Waals surface area contributed by atoms with Crippen molar-refractivity contribution in [1.29, 1.82) is 0 Å². The molecule has 1 fully saturated rings. The second kappa shape index (κ2) is 2.96. The number of nitrogens with zero attached hydrogens (tertiary/aromatic N) is 1. The lowest BCUT2D eigenvalue weighted by molar-refractivity contribution is -0.124. The number of thiocarbonyl (C=S) groups is 1. The fourth-order valence-electron chi connectivity index (χ4n) is 0.905. The average Bonchev–Trinajstić information content (AvgIpc) is 2.20. The molecule has 0 atom stereocenters. The van der Waals surface area contributed by atoms with Gasteiger partial charge in [-0.2, -0.15) is 0 Å². The van der Waals surface area contributed by atoms with Crippen LogP contribution in [-0.4, -0.2) is 29.0 Å². The van der Waals surface area contributed by atoms with Gasteiger partial charge in [0.15, 0.2) is 5.11 Å². The van der Waals surface area contributed by atoms with E-state index in [-0.39, 0.29) is 5.91 Å². The summed E-state index contributed by atoms with van der Waals surface area (Å²) in [4.78, 5) is 12.6. The fraction of sp³-hybridized carbons (Fsp3) is 0.667. The Morgan fingerprint density at radius 1 is 1.80 bits per heavy atom. The highest BCUT2D eigenvalue weighted by atomic mass is 32.1. The first-order valence-corrected chi connectivity index (χ1v) is 3.74. The van der Waals surface area contributed by atoms with Gasteiger partial charge in [0.25, 0.3) is 0 Å². The second-order valence-corrected chi connectivity index (χ2v) is 2.59. The average molecular weight is 158 g/mol. The van der Waals surface area contributed by atoms with Crippen molar-refractivity contribution in [3.8, 4) is 0 Å². The van der Waals surface area contributed by atoms with E-state index in [2.05, 4.69) is 5.32 Å². The lowest BCUT2D eigenvalue weighted by atomic mass is 10.4. The first-order valence-electron chi connectivity index (χ1n) is 3.34. The van der Waals surface area contributed by atoms with Gasteiger partial charge >= 0.3 is 0 Å². The predicted molar refractivity (Wildman–Crippen MR) is 42.6 cm³/mol. The zero-order chi connectivity index (χ0) is 7.56. The van der Waals surface area contributed by atoms with Crippen LogP contribution in [0.5, 0.6) is 0 Å². The van der Waals surface area contributed by atoms with E-state index in [1.54, 1.807) is 4.90 Å². The van der Waals surface area contributed by atoms with E-state index in [0.717, 1.165) is 13.0 Å². The van der Waals surface area contributed by atoms with Crippen LogP contribution in [0.1, 0.15) is 13.3 Å². The van der Waals surface area contributed by atoms with Gasteiger partial charge < -0.3 is 5.32 Å². The quantitative estimate of drug-likeness (QED) is 0.579. The molecule has 3 nitrogen and oxygen atoms in total. The summed E-state index contributed by atoms with van der Waals surface area (Å²) < 4.78 is 0. The Kier molecular flexibility index (Phi) is 2.21. The van der Waals surface area contributed by atoms with Gasteiger partial charge in [0.05, 0.1) is 6.54 Å². The summed E-state index contributed by atoms with van der Waals surface area (Å²) in [6.07, 6.45) is 0.952. The molecule has 1 rings (SSSR count). The van der Waals surface area contributed by atoms with E-state index < -0.39 is 0 Å². The summed E-state index contributed by atoms with van der Waals surface area (Å²) in [5.41, 5.74) is 0. The lowest BCUT2D eigenvalue weighted by Gasteiger charge is -2.11. The Bertz CT molecular complexity index is 153. The SMILES string of the molecule is CCCN1C(=O)CNC1=S. The third kappa shape index (κ3) is 1.26. The molecule has 1 saturated heterocycles. The Balaban J connectivity index is 2.54. The Labute approximate surface area is 65.4 Å². The maximum absolute atomic E-state index is 11.0. The first-order chi connectivity index (χ1) is 4.75. The van der Waals surface area contributed by atoms with E-state index >= 15 is 0 Å². The third-order valence-electron chi connectivity index (χ3n) is 1.38. The standard InChI is InChI=1S/C6H10N2OS/c1-2-3-8-5(9)4-7-6(8)10/h2-4H2,1H3,(H,7,10). The van der Waals surface area contributed by atoms with Crippen LogP contribution in [0, 0.1) is 0 Å². The highest BCUT2D eigenvalue weighted by Crippen LogP contribution is 1.99. The van der Waals surface area contributed by atoms with Crippen molar-refractivity contribution >= 4 is 23.2 Å². The summed E-state index contributed by atoms with van der Waals surface area (Å²) in [5.74, 6) is 0.0897. The zero-order valence-corrected chi connectivity index (χ0v) is 6.70. The monoisotopic (exact) mass is 158 g/mol. The molecule has 0 aromatic heterocycles. The van der Waals surface area contributed by atoms with Crippen LogP contribution in [0.25, 0.3) is 0 Å². The van der Waals surface area contributed by atoms with Crippen LogP contribution in [0.2, 0.25) is 0 Å². The van der Waals surface area contributed by atoms with Crippen molar-refractivity contribution in [3.05, 3.63) is 0 Å². The van der Waals surface area contributed by atoms with Gasteiger partial charge in [0, 0.05) is 6.54 Å². The van der Waals surface area contributed by atoms with Gasteiger partial charge in [-0.3, -0.25) is 9.69 Å². The largest absolute Gasteiger partial charge is 0.353 e. The molecule has 0 radical (unpaired) electrons. The lowest BCUT2D eigenvalue weighted by Crippen LogP contribution is -2.31. The number of carbonyl (C=O) groups is 1. The van der Waals surface area contributed by atoms with Gasteiger partial charge in [-0.05, 0) is 18.6 Å². The van der Waals surface area contributed by atoms with E-state index in [1.807, 2.05) is 6.92 Å². The van der Waals surface area contributed by atoms with Crippen LogP contribution in [0.4, 0.5) is 0 Å². The smallest absolute Gasteiger partial charge is 0.248 e. The number of rotatable bonds is 2. The summed E-state index contributed by atoms with van der Waals surface area (Å²) in [6.45, 7) is 3.14. The summed E-state index contributed by atoms with van der Waals surface area (Å²) >= 11 is 4.88. The molecule has 1 heterocycles. The van der Waals surface area contributed by atoms with Crippen LogP contribution < -0.4 is 5.32 Å². The zero-order valence-electron chi connectivity index (χ0n) is 5.89. The van der Waals surface area contributed by atoms with Crippen molar-refractivity contribution in [2.45, 2.75) is 13.3 Å². The Hall–Kier alpha value is -0.640. The van der Waals surface area contributed by atoms with Crippen LogP contribution in [0.15, 0.2) is 0 Å². The summed E-state index contributed by atoms with van der Waals surface area (Å²) in [6, 6.07) is 0. The Morgan fingerprint density at radius 3 is 2.90 bits per heavy atom. The van der Waals surface area contributed by atoms with Crippen molar-refractivity contribution in [2.75, 3.05) is 13.1 Å². The normalized spacial score (nSPS) is 17.9. The number of nitrogens with one attached hydrogen (secondary N) is 1. The molecule has 0 aromatic rings. The number of amides is 1. The van der Waals surface area contributed by atoms with E-state index in [0.29, 0.717) is 11.7 Å². The maximum Gasteiger partial charge on any atom is 0.248 e. The molecule has 4 heteroatoms. The fourth-order valence-corrected chi connectivity index (χ4v) is 1.17. The van der Waals surface area contributed by atoms with E-state index in [4.69, 9.17) is 12.2 Å². The first kappa shape index (κ1) is 7.47.